The van der Waals surface area contributed by atoms with Crippen LogP contribution in [0.3, 0.4) is 0 Å². The number of hydrogen-bond donors (Lipinski definition) is 0. The molecule has 2 heterocycles. The Morgan fingerprint density at radius 2 is 1.15 bits per heavy atom. The lowest BCUT2D eigenvalue weighted by Crippen LogP contribution is -2.00. The average molecular weight is 439 g/mol. The van der Waals surface area contributed by atoms with E-state index >= 15 is 0 Å². The zero-order valence-electron chi connectivity index (χ0n) is 19.4. The quantitative estimate of drug-likeness (QED) is 0.269. The van der Waals surface area contributed by atoms with Gasteiger partial charge >= 0.3 is 0 Å². The van der Waals surface area contributed by atoms with Gasteiger partial charge in [0.1, 0.15) is 0 Å². The molecule has 0 bridgehead atoms. The second-order valence-electron chi connectivity index (χ2n) is 9.07. The highest BCUT2D eigenvalue weighted by atomic mass is 15.0. The molecule has 2 aromatic heterocycles. The van der Waals surface area contributed by atoms with Gasteiger partial charge in [0, 0.05) is 33.5 Å². The van der Waals surface area contributed by atoms with Crippen molar-refractivity contribution in [3.05, 3.63) is 115 Å². The Balaban J connectivity index is 1.53. The first kappa shape index (κ1) is 20.4. The van der Waals surface area contributed by atoms with Crippen LogP contribution >= 0.6 is 0 Å². The van der Waals surface area contributed by atoms with E-state index < -0.39 is 0 Å². The Kier molecular flexibility index (Phi) is 5.00. The van der Waals surface area contributed by atoms with Crippen LogP contribution in [0.1, 0.15) is 19.9 Å². The number of hydrogen-bond acceptors (Lipinski definition) is 1. The lowest BCUT2D eigenvalue weighted by molar-refractivity contribution is 0.642. The molecule has 0 atom stereocenters. The second-order valence-corrected chi connectivity index (χ2v) is 9.07. The second kappa shape index (κ2) is 8.31. The van der Waals surface area contributed by atoms with Gasteiger partial charge in [-0.25, -0.2) is 4.98 Å². The van der Waals surface area contributed by atoms with E-state index in [0.29, 0.717) is 6.04 Å². The van der Waals surface area contributed by atoms with Crippen molar-refractivity contribution in [2.24, 2.45) is 0 Å². The van der Waals surface area contributed by atoms with E-state index in [4.69, 9.17) is 4.98 Å². The molecule has 0 amide bonds. The van der Waals surface area contributed by atoms with Gasteiger partial charge in [0.25, 0.3) is 0 Å². The summed E-state index contributed by atoms with van der Waals surface area (Å²) >= 11 is 0. The molecular weight excluding hydrogens is 412 g/mol. The number of nitrogens with zero attached hydrogens (tertiary/aromatic N) is 2. The summed E-state index contributed by atoms with van der Waals surface area (Å²) in [7, 11) is 0. The Morgan fingerprint density at radius 1 is 0.500 bits per heavy atom. The van der Waals surface area contributed by atoms with Gasteiger partial charge < -0.3 is 4.57 Å². The third-order valence-corrected chi connectivity index (χ3v) is 6.54. The zero-order chi connectivity index (χ0) is 23.1. The highest BCUT2D eigenvalue weighted by Crippen LogP contribution is 2.36. The molecule has 6 rings (SSSR count). The molecule has 164 valence electrons. The fourth-order valence-electron chi connectivity index (χ4n) is 4.94. The van der Waals surface area contributed by atoms with Crippen LogP contribution in [0.4, 0.5) is 0 Å². The summed E-state index contributed by atoms with van der Waals surface area (Å²) in [6.45, 7) is 4.51. The lowest BCUT2D eigenvalue weighted by Gasteiger charge is -2.12. The predicted molar refractivity (Wildman–Crippen MR) is 144 cm³/mol. The average Bonchev–Trinajstić information content (AvgIpc) is 3.23. The topological polar surface area (TPSA) is 17.8 Å². The van der Waals surface area contributed by atoms with E-state index in [1.54, 1.807) is 0 Å². The largest absolute Gasteiger partial charge is 0.338 e. The Bertz CT molecular complexity index is 1610. The summed E-state index contributed by atoms with van der Waals surface area (Å²) < 4.78 is 2.45. The van der Waals surface area contributed by atoms with Crippen LogP contribution in [0, 0.1) is 0 Å². The van der Waals surface area contributed by atoms with Gasteiger partial charge in [-0.05, 0) is 55.3 Å². The van der Waals surface area contributed by atoms with Crippen LogP contribution in [0.15, 0.2) is 115 Å². The minimum Gasteiger partial charge on any atom is -0.338 e. The molecule has 2 heteroatoms. The highest BCUT2D eigenvalue weighted by molar-refractivity contribution is 6.10. The minimum absolute atomic E-state index is 0.349. The maximum atomic E-state index is 4.99. The fraction of sp³-hybridized carbons (Fsp3) is 0.0938. The number of pyridine rings is 1. The number of rotatable bonds is 4. The predicted octanol–water partition coefficient (Wildman–Crippen LogP) is 8.77. The van der Waals surface area contributed by atoms with Crippen molar-refractivity contribution in [1.82, 2.24) is 9.55 Å². The Morgan fingerprint density at radius 3 is 1.85 bits per heavy atom. The summed E-state index contributed by atoms with van der Waals surface area (Å²) in [4.78, 5) is 4.99. The van der Waals surface area contributed by atoms with Gasteiger partial charge in [-0.1, -0.05) is 84.9 Å². The Labute approximate surface area is 200 Å². The molecule has 0 aliphatic carbocycles. The SMILES string of the molecule is CC(C)n1c2ccc(-c3ccccc3)cc2c2ccc(-c3cccc(-c4ccccc4)n3)cc21. The maximum Gasteiger partial charge on any atom is 0.0710 e. The highest BCUT2D eigenvalue weighted by Gasteiger charge is 2.15. The van der Waals surface area contributed by atoms with Crippen molar-refractivity contribution < 1.29 is 0 Å². The molecule has 34 heavy (non-hydrogen) atoms. The van der Waals surface area contributed by atoms with Gasteiger partial charge in [0.15, 0.2) is 0 Å². The molecule has 0 saturated heterocycles. The summed E-state index contributed by atoms with van der Waals surface area (Å²) in [5, 5.41) is 2.58. The number of aromatic nitrogens is 2. The molecule has 0 aliphatic rings. The molecular formula is C32H26N2. The van der Waals surface area contributed by atoms with Crippen molar-refractivity contribution >= 4 is 21.8 Å². The summed E-state index contributed by atoms with van der Waals surface area (Å²) in [5.41, 5.74) is 9.27. The van der Waals surface area contributed by atoms with E-state index in [2.05, 4.69) is 128 Å². The van der Waals surface area contributed by atoms with E-state index in [9.17, 15) is 0 Å². The molecule has 0 radical (unpaired) electrons. The summed E-state index contributed by atoms with van der Waals surface area (Å²) in [6.07, 6.45) is 0. The van der Waals surface area contributed by atoms with Crippen LogP contribution < -0.4 is 0 Å². The molecule has 0 spiro atoms. The van der Waals surface area contributed by atoms with Crippen LogP contribution in [-0.2, 0) is 0 Å². The number of fused-ring (bicyclic) bond motifs is 3. The van der Waals surface area contributed by atoms with E-state index in [1.165, 1.54) is 32.9 Å². The standard InChI is InChI=1S/C32H26N2/c1-22(2)34-31-19-17-25(23-10-5-3-6-11-23)20-28(31)27-18-16-26(21-32(27)34)30-15-9-14-29(33-30)24-12-7-4-8-13-24/h3-22H,1-2H3. The lowest BCUT2D eigenvalue weighted by atomic mass is 10.0. The normalized spacial score (nSPS) is 11.5. The van der Waals surface area contributed by atoms with Crippen LogP contribution in [0.25, 0.3) is 55.4 Å². The minimum atomic E-state index is 0.349. The molecule has 6 aromatic rings. The van der Waals surface area contributed by atoms with Gasteiger partial charge in [0.05, 0.1) is 16.9 Å². The van der Waals surface area contributed by atoms with Crippen LogP contribution in [-0.4, -0.2) is 9.55 Å². The van der Waals surface area contributed by atoms with E-state index in [1.807, 2.05) is 6.07 Å². The third-order valence-electron chi connectivity index (χ3n) is 6.54. The number of benzene rings is 4. The van der Waals surface area contributed by atoms with Crippen molar-refractivity contribution in [2.45, 2.75) is 19.9 Å². The molecule has 4 aromatic carbocycles. The first-order valence-corrected chi connectivity index (χ1v) is 11.8. The summed E-state index contributed by atoms with van der Waals surface area (Å²) in [6, 6.07) is 41.2. The van der Waals surface area contributed by atoms with Gasteiger partial charge in [-0.3, -0.25) is 0 Å². The molecule has 0 aliphatic heterocycles. The molecule has 0 unspecified atom stereocenters. The van der Waals surface area contributed by atoms with Gasteiger partial charge in [-0.2, -0.15) is 0 Å². The molecule has 0 N–H and O–H groups in total. The molecule has 2 nitrogen and oxygen atoms in total. The van der Waals surface area contributed by atoms with Crippen molar-refractivity contribution in [1.29, 1.82) is 0 Å². The van der Waals surface area contributed by atoms with Crippen LogP contribution in [0.5, 0.6) is 0 Å². The monoisotopic (exact) mass is 438 g/mol. The first-order valence-electron chi connectivity index (χ1n) is 11.8. The first-order chi connectivity index (χ1) is 16.7. The van der Waals surface area contributed by atoms with E-state index in [0.717, 1.165) is 22.5 Å². The van der Waals surface area contributed by atoms with Crippen LogP contribution in [0.2, 0.25) is 0 Å². The van der Waals surface area contributed by atoms with Crippen molar-refractivity contribution in [3.8, 4) is 33.6 Å². The summed E-state index contributed by atoms with van der Waals surface area (Å²) in [5.74, 6) is 0. The van der Waals surface area contributed by atoms with Crippen molar-refractivity contribution in [2.75, 3.05) is 0 Å². The van der Waals surface area contributed by atoms with Gasteiger partial charge in [-0.15, -0.1) is 0 Å². The maximum absolute atomic E-state index is 4.99. The molecule has 0 saturated carbocycles. The Hall–Kier alpha value is -4.17. The van der Waals surface area contributed by atoms with Gasteiger partial charge in [0.2, 0.25) is 0 Å². The molecule has 0 fully saturated rings. The van der Waals surface area contributed by atoms with E-state index in [-0.39, 0.29) is 0 Å². The smallest absolute Gasteiger partial charge is 0.0710 e. The third kappa shape index (κ3) is 3.48. The van der Waals surface area contributed by atoms with Crippen molar-refractivity contribution in [3.63, 3.8) is 0 Å². The fourth-order valence-corrected chi connectivity index (χ4v) is 4.94. The zero-order valence-corrected chi connectivity index (χ0v) is 19.4.